The third kappa shape index (κ3) is 7.18. The van der Waals surface area contributed by atoms with E-state index in [4.69, 9.17) is 14.5 Å². The zero-order valence-corrected chi connectivity index (χ0v) is 29.8. The van der Waals surface area contributed by atoms with Gasteiger partial charge in [-0.3, -0.25) is 9.80 Å². The molecule has 6 rings (SSSR count). The molecule has 2 fully saturated rings. The van der Waals surface area contributed by atoms with Crippen LogP contribution in [0.4, 0.5) is 31.1 Å². The van der Waals surface area contributed by atoms with Gasteiger partial charge in [-0.25, -0.2) is 14.6 Å². The lowest BCUT2D eigenvalue weighted by atomic mass is 9.88. The predicted molar refractivity (Wildman–Crippen MR) is 184 cm³/mol. The molecule has 2 saturated heterocycles. The van der Waals surface area contributed by atoms with Gasteiger partial charge < -0.3 is 19.5 Å². The minimum Gasteiger partial charge on any atom is -0.496 e. The number of hydrogen-bond donors (Lipinski definition) is 1. The number of benzene rings is 3. The number of carboxylic acids is 1. The van der Waals surface area contributed by atoms with Gasteiger partial charge in [0.05, 0.1) is 42.1 Å². The molecule has 9 nitrogen and oxygen atoms in total. The smallest absolute Gasteiger partial charge is 0.416 e. The molecule has 0 radical (unpaired) electrons. The average Bonchev–Trinajstić information content (AvgIpc) is 3.36. The summed E-state index contributed by atoms with van der Waals surface area (Å²) < 4.78 is 93.6. The summed E-state index contributed by atoms with van der Waals surface area (Å²) in [6.07, 6.45) is -10.2. The Hall–Kier alpha value is -5.05. The van der Waals surface area contributed by atoms with Gasteiger partial charge in [-0.2, -0.15) is 26.3 Å². The molecule has 0 bridgehead atoms. The molecule has 0 aliphatic carbocycles. The minimum absolute atomic E-state index is 0.0357. The van der Waals surface area contributed by atoms with Crippen molar-refractivity contribution in [2.24, 2.45) is 4.99 Å². The quantitative estimate of drug-likeness (QED) is 0.231. The molecule has 0 spiro atoms. The Morgan fingerprint density at radius 3 is 2.19 bits per heavy atom. The number of rotatable bonds is 8. The van der Waals surface area contributed by atoms with E-state index in [9.17, 15) is 41.0 Å². The third-order valence-corrected chi connectivity index (χ3v) is 10.2. The van der Waals surface area contributed by atoms with E-state index < -0.39 is 59.5 Å². The standard InChI is InChI=1S/C38H38F6N4O5/c1-20-13-23(33(49)50)7-9-27(20)22-8-10-31(52-6)28(16-22)29-18-46(5)34(48-12-11-36(48,3)4)45-30(29)19-47-21(2)32(53-35(47)51)24-14-25(37(39,40)41)17-26(15-24)38(42,43)44/h7-10,13-18,21,32,34H,11-12,19H2,1-6H3,(H,49,50)/t21-,32-,34?/m0/s1. The van der Waals surface area contributed by atoms with Crippen LogP contribution in [0.2, 0.25) is 0 Å². The van der Waals surface area contributed by atoms with Crippen molar-refractivity contribution in [1.29, 1.82) is 0 Å². The molecule has 3 aliphatic heterocycles. The van der Waals surface area contributed by atoms with Gasteiger partial charge in [0, 0.05) is 36.5 Å². The minimum atomic E-state index is -5.08. The number of methoxy groups -OCH3 is 1. The molecule has 53 heavy (non-hydrogen) atoms. The molecule has 3 aliphatic rings. The van der Waals surface area contributed by atoms with Crippen LogP contribution in [-0.4, -0.2) is 82.7 Å². The molecule has 1 N–H and O–H groups in total. The number of likely N-dealkylation sites (tertiary alicyclic amines) is 1. The van der Waals surface area contributed by atoms with E-state index in [0.717, 1.165) is 24.1 Å². The topological polar surface area (TPSA) is 94.9 Å². The number of halogens is 6. The van der Waals surface area contributed by atoms with E-state index in [2.05, 4.69) is 18.7 Å². The summed E-state index contributed by atoms with van der Waals surface area (Å²) in [4.78, 5) is 35.5. The van der Waals surface area contributed by atoms with Gasteiger partial charge in [0.2, 0.25) is 0 Å². The van der Waals surface area contributed by atoms with Crippen LogP contribution >= 0.6 is 0 Å². The van der Waals surface area contributed by atoms with Crippen LogP contribution in [0.5, 0.6) is 5.75 Å². The molecular weight excluding hydrogens is 706 g/mol. The Morgan fingerprint density at radius 1 is 1.00 bits per heavy atom. The Kier molecular flexibility index (Phi) is 9.54. The van der Waals surface area contributed by atoms with Crippen molar-refractivity contribution in [1.82, 2.24) is 14.7 Å². The van der Waals surface area contributed by atoms with Gasteiger partial charge in [-0.1, -0.05) is 12.1 Å². The average molecular weight is 745 g/mol. The van der Waals surface area contributed by atoms with E-state index in [1.54, 1.807) is 25.1 Å². The van der Waals surface area contributed by atoms with Crippen molar-refractivity contribution < 1.29 is 50.5 Å². The molecule has 3 atom stereocenters. The van der Waals surface area contributed by atoms with E-state index in [1.165, 1.54) is 25.0 Å². The van der Waals surface area contributed by atoms with Gasteiger partial charge in [0.25, 0.3) is 0 Å². The Morgan fingerprint density at radius 2 is 1.66 bits per heavy atom. The Labute approximate surface area is 302 Å². The normalized spacial score (nSPS) is 21.9. The van der Waals surface area contributed by atoms with Crippen LogP contribution in [0.1, 0.15) is 71.5 Å². The first-order valence-electron chi connectivity index (χ1n) is 16.8. The molecule has 3 aromatic rings. The number of carbonyl (C=O) groups excluding carboxylic acids is 1. The summed E-state index contributed by atoms with van der Waals surface area (Å²) in [5.41, 5.74) is 0.269. The van der Waals surface area contributed by atoms with Crippen molar-refractivity contribution >= 4 is 23.3 Å². The summed E-state index contributed by atoms with van der Waals surface area (Å²) >= 11 is 0. The lowest BCUT2D eigenvalue weighted by Gasteiger charge is -2.53. The second-order valence-corrected chi connectivity index (χ2v) is 14.1. The van der Waals surface area contributed by atoms with E-state index in [1.807, 2.05) is 30.3 Å². The summed E-state index contributed by atoms with van der Waals surface area (Å²) in [5, 5.41) is 9.47. The summed E-state index contributed by atoms with van der Waals surface area (Å²) in [7, 11) is 3.36. The fourth-order valence-corrected chi connectivity index (χ4v) is 7.07. The van der Waals surface area contributed by atoms with E-state index in [0.29, 0.717) is 40.3 Å². The van der Waals surface area contributed by atoms with Gasteiger partial charge in [-0.15, -0.1) is 0 Å². The number of carboxylic acid groups (broad SMARTS) is 1. The second-order valence-electron chi connectivity index (χ2n) is 14.1. The number of ether oxygens (including phenoxy) is 2. The summed E-state index contributed by atoms with van der Waals surface area (Å²) in [6, 6.07) is 10.4. The van der Waals surface area contributed by atoms with Crippen LogP contribution in [0.3, 0.4) is 0 Å². The first-order valence-corrected chi connectivity index (χ1v) is 16.8. The maximum absolute atomic E-state index is 13.7. The largest absolute Gasteiger partial charge is 0.496 e. The highest BCUT2D eigenvalue weighted by molar-refractivity contribution is 6.26. The maximum Gasteiger partial charge on any atom is 0.416 e. The molecule has 282 valence electrons. The molecule has 3 aromatic carbocycles. The summed E-state index contributed by atoms with van der Waals surface area (Å²) in [5.74, 6) is -0.598. The van der Waals surface area contributed by atoms with Crippen molar-refractivity contribution in [2.75, 3.05) is 27.2 Å². The number of amides is 1. The highest BCUT2D eigenvalue weighted by Crippen LogP contribution is 2.43. The van der Waals surface area contributed by atoms with Crippen LogP contribution in [0.15, 0.2) is 65.8 Å². The summed E-state index contributed by atoms with van der Waals surface area (Å²) in [6.45, 7) is 8.02. The number of cyclic esters (lactones) is 1. The highest BCUT2D eigenvalue weighted by Gasteiger charge is 2.46. The van der Waals surface area contributed by atoms with Gasteiger partial charge in [0.1, 0.15) is 11.9 Å². The molecule has 0 saturated carbocycles. The molecule has 0 aromatic heterocycles. The lowest BCUT2D eigenvalue weighted by Crippen LogP contribution is -2.63. The molecular formula is C38H38F6N4O5. The SMILES string of the molecule is COc1ccc(-c2ccc(C(=O)O)cc2C)cc1C1=CN(C)C(N2CCC2(C)C)N=C1CN1C(=O)O[C@H](c2cc(C(F)(F)F)cc(C(F)(F)F)c2)[C@@H]1C. The highest BCUT2D eigenvalue weighted by atomic mass is 19.4. The molecule has 15 heteroatoms. The van der Waals surface area contributed by atoms with Crippen molar-refractivity contribution in [3.05, 3.63) is 94.2 Å². The zero-order valence-electron chi connectivity index (χ0n) is 29.8. The molecule has 3 heterocycles. The second kappa shape index (κ2) is 13.4. The number of carbonyl (C=O) groups is 2. The fourth-order valence-electron chi connectivity index (χ4n) is 7.07. The van der Waals surface area contributed by atoms with Gasteiger partial charge in [0.15, 0.2) is 6.29 Å². The third-order valence-electron chi connectivity index (χ3n) is 10.2. The van der Waals surface area contributed by atoms with Gasteiger partial charge >= 0.3 is 24.4 Å². The van der Waals surface area contributed by atoms with Crippen LogP contribution in [0.25, 0.3) is 16.7 Å². The number of hydrogen-bond acceptors (Lipinski definition) is 7. The number of aliphatic imine (C=N–C) groups is 1. The predicted octanol–water partition coefficient (Wildman–Crippen LogP) is 8.48. The molecule has 1 amide bonds. The number of aromatic carboxylic acids is 1. The van der Waals surface area contributed by atoms with Gasteiger partial charge in [-0.05, 0) is 98.8 Å². The van der Waals surface area contributed by atoms with Crippen LogP contribution in [0, 0.1) is 6.92 Å². The number of alkyl halides is 6. The van der Waals surface area contributed by atoms with Crippen molar-refractivity contribution in [3.8, 4) is 16.9 Å². The monoisotopic (exact) mass is 744 g/mol. The Balaban J connectivity index is 1.41. The van der Waals surface area contributed by atoms with E-state index >= 15 is 0 Å². The van der Waals surface area contributed by atoms with Crippen molar-refractivity contribution in [2.45, 2.75) is 70.4 Å². The fraction of sp³-hybridized carbons (Fsp3) is 0.395. The maximum atomic E-state index is 13.7. The zero-order chi connectivity index (χ0) is 38.8. The number of nitrogens with zero attached hydrogens (tertiary/aromatic N) is 4. The first kappa shape index (κ1) is 37.7. The first-order chi connectivity index (χ1) is 24.7. The van der Waals surface area contributed by atoms with E-state index in [-0.39, 0.29) is 23.7 Å². The van der Waals surface area contributed by atoms with Crippen molar-refractivity contribution in [3.63, 3.8) is 0 Å². The van der Waals surface area contributed by atoms with Crippen LogP contribution in [-0.2, 0) is 17.1 Å². The Bertz CT molecular complexity index is 1990. The number of aryl methyl sites for hydroxylation is 1. The molecule has 1 unspecified atom stereocenters. The van der Waals surface area contributed by atoms with Crippen LogP contribution < -0.4 is 4.74 Å². The lowest BCUT2D eigenvalue weighted by molar-refractivity contribution is -0.143.